The van der Waals surface area contributed by atoms with Crippen LogP contribution < -0.4 is 10.6 Å². The predicted molar refractivity (Wildman–Crippen MR) is 83.6 cm³/mol. The molecular weight excluding hydrogens is 232 g/mol. The first-order chi connectivity index (χ1) is 9.00. The molecule has 1 aromatic rings. The normalized spacial score (nSPS) is 17.8. The summed E-state index contributed by atoms with van der Waals surface area (Å²) in [5.74, 6) is 0.861. The van der Waals surface area contributed by atoms with E-state index in [0.29, 0.717) is 5.41 Å². The van der Waals surface area contributed by atoms with Gasteiger partial charge in [-0.15, -0.1) is 0 Å². The quantitative estimate of drug-likeness (QED) is 0.902. The number of nitrogens with two attached hydrogens (primary N) is 1. The molecule has 1 fully saturated rings. The Morgan fingerprint density at radius 1 is 1.11 bits per heavy atom. The number of hydrogen-bond acceptors (Lipinski definition) is 2. The van der Waals surface area contributed by atoms with Gasteiger partial charge in [0, 0.05) is 18.8 Å². The third kappa shape index (κ3) is 3.73. The summed E-state index contributed by atoms with van der Waals surface area (Å²) in [4.78, 5) is 2.52. The summed E-state index contributed by atoms with van der Waals surface area (Å²) in [6.07, 6.45) is 3.61. The van der Waals surface area contributed by atoms with Gasteiger partial charge in [0.1, 0.15) is 0 Å². The van der Waals surface area contributed by atoms with E-state index in [-0.39, 0.29) is 0 Å². The molecule has 1 heterocycles. The molecule has 1 aliphatic heterocycles. The Morgan fingerprint density at radius 2 is 1.68 bits per heavy atom. The molecule has 0 spiro atoms. The molecule has 0 amide bonds. The van der Waals surface area contributed by atoms with E-state index in [0.717, 1.165) is 18.9 Å². The smallest absolute Gasteiger partial charge is 0.0366 e. The van der Waals surface area contributed by atoms with Gasteiger partial charge in [0.05, 0.1) is 0 Å². The summed E-state index contributed by atoms with van der Waals surface area (Å²) >= 11 is 0. The van der Waals surface area contributed by atoms with Gasteiger partial charge < -0.3 is 10.6 Å². The molecule has 2 rings (SSSR count). The largest absolute Gasteiger partial charge is 0.372 e. The predicted octanol–water partition coefficient (Wildman–Crippen LogP) is 3.45. The summed E-state index contributed by atoms with van der Waals surface area (Å²) in [5, 5.41) is 0. The van der Waals surface area contributed by atoms with Gasteiger partial charge in [-0.1, -0.05) is 32.9 Å². The first-order valence-corrected chi connectivity index (χ1v) is 7.54. The topological polar surface area (TPSA) is 29.3 Å². The standard InChI is InChI=1S/C17H28N2/c1-17(2,3)15-9-12-19(13-10-15)16-6-4-14(5-7-16)8-11-18/h4-7,15H,8-13,18H2,1-3H3. The highest BCUT2D eigenvalue weighted by atomic mass is 15.1. The number of nitrogens with zero attached hydrogens (tertiary/aromatic N) is 1. The van der Waals surface area contributed by atoms with E-state index in [4.69, 9.17) is 5.73 Å². The average molecular weight is 260 g/mol. The van der Waals surface area contributed by atoms with E-state index >= 15 is 0 Å². The lowest BCUT2D eigenvalue weighted by Gasteiger charge is -2.39. The number of rotatable bonds is 3. The fourth-order valence-corrected chi connectivity index (χ4v) is 3.04. The molecule has 0 aliphatic carbocycles. The lowest BCUT2D eigenvalue weighted by atomic mass is 9.75. The Bertz CT molecular complexity index is 381. The second-order valence-electron chi connectivity index (χ2n) is 6.83. The Morgan fingerprint density at radius 3 is 2.16 bits per heavy atom. The van der Waals surface area contributed by atoms with Crippen LogP contribution in [0.3, 0.4) is 0 Å². The van der Waals surface area contributed by atoms with Crippen LogP contribution >= 0.6 is 0 Å². The molecule has 19 heavy (non-hydrogen) atoms. The first-order valence-electron chi connectivity index (χ1n) is 7.54. The molecule has 0 atom stereocenters. The summed E-state index contributed by atoms with van der Waals surface area (Å²) in [6, 6.07) is 8.95. The molecule has 2 N–H and O–H groups in total. The minimum absolute atomic E-state index is 0.455. The first kappa shape index (κ1) is 14.4. The summed E-state index contributed by atoms with van der Waals surface area (Å²) in [7, 11) is 0. The van der Waals surface area contributed by atoms with Crippen LogP contribution in [0.25, 0.3) is 0 Å². The van der Waals surface area contributed by atoms with Crippen molar-refractivity contribution in [1.82, 2.24) is 0 Å². The molecule has 1 aromatic carbocycles. The molecule has 1 aliphatic rings. The maximum Gasteiger partial charge on any atom is 0.0366 e. The minimum Gasteiger partial charge on any atom is -0.372 e. The van der Waals surface area contributed by atoms with Crippen molar-refractivity contribution in [3.8, 4) is 0 Å². The van der Waals surface area contributed by atoms with E-state index in [1.807, 2.05) is 0 Å². The van der Waals surface area contributed by atoms with Crippen molar-refractivity contribution in [3.05, 3.63) is 29.8 Å². The highest BCUT2D eigenvalue weighted by molar-refractivity contribution is 5.48. The zero-order valence-corrected chi connectivity index (χ0v) is 12.7. The SMILES string of the molecule is CC(C)(C)C1CCN(c2ccc(CCN)cc2)CC1. The van der Waals surface area contributed by atoms with Crippen LogP contribution in [0.1, 0.15) is 39.2 Å². The molecule has 0 saturated carbocycles. The Hall–Kier alpha value is -1.02. The van der Waals surface area contributed by atoms with E-state index in [1.165, 1.54) is 37.2 Å². The van der Waals surface area contributed by atoms with Crippen LogP contribution in [-0.2, 0) is 6.42 Å². The maximum absolute atomic E-state index is 5.59. The van der Waals surface area contributed by atoms with Gasteiger partial charge in [0.25, 0.3) is 0 Å². The zero-order valence-electron chi connectivity index (χ0n) is 12.7. The van der Waals surface area contributed by atoms with Gasteiger partial charge >= 0.3 is 0 Å². The Kier molecular flexibility index (Phi) is 4.51. The van der Waals surface area contributed by atoms with Crippen LogP contribution in [0.2, 0.25) is 0 Å². The fourth-order valence-electron chi connectivity index (χ4n) is 3.04. The third-order valence-corrected chi connectivity index (χ3v) is 4.45. The molecule has 106 valence electrons. The Labute approximate surface area is 118 Å². The van der Waals surface area contributed by atoms with Crippen molar-refractivity contribution in [3.63, 3.8) is 0 Å². The van der Waals surface area contributed by atoms with Gasteiger partial charge in [0.2, 0.25) is 0 Å². The number of anilines is 1. The second-order valence-corrected chi connectivity index (χ2v) is 6.83. The van der Waals surface area contributed by atoms with Crippen LogP contribution in [0.4, 0.5) is 5.69 Å². The molecule has 2 nitrogen and oxygen atoms in total. The van der Waals surface area contributed by atoms with Gasteiger partial charge in [0.15, 0.2) is 0 Å². The number of hydrogen-bond donors (Lipinski definition) is 1. The minimum atomic E-state index is 0.455. The van der Waals surface area contributed by atoms with Gasteiger partial charge in [-0.05, 0) is 54.8 Å². The highest BCUT2D eigenvalue weighted by Crippen LogP contribution is 2.35. The molecule has 0 bridgehead atoms. The second kappa shape index (κ2) is 5.96. The monoisotopic (exact) mass is 260 g/mol. The van der Waals surface area contributed by atoms with Crippen molar-refractivity contribution in [2.24, 2.45) is 17.1 Å². The van der Waals surface area contributed by atoms with Gasteiger partial charge in [-0.2, -0.15) is 0 Å². The maximum atomic E-state index is 5.59. The highest BCUT2D eigenvalue weighted by Gasteiger charge is 2.28. The van der Waals surface area contributed by atoms with E-state index in [9.17, 15) is 0 Å². The molecule has 0 unspecified atom stereocenters. The number of piperidine rings is 1. The van der Waals surface area contributed by atoms with Crippen LogP contribution in [-0.4, -0.2) is 19.6 Å². The summed E-state index contributed by atoms with van der Waals surface area (Å²) < 4.78 is 0. The zero-order chi connectivity index (χ0) is 13.9. The Balaban J connectivity index is 1.94. The van der Waals surface area contributed by atoms with Crippen molar-refractivity contribution in [2.45, 2.75) is 40.0 Å². The van der Waals surface area contributed by atoms with Crippen molar-refractivity contribution in [1.29, 1.82) is 0 Å². The lowest BCUT2D eigenvalue weighted by Crippen LogP contribution is -2.38. The van der Waals surface area contributed by atoms with E-state index in [2.05, 4.69) is 49.9 Å². The van der Waals surface area contributed by atoms with Crippen LogP contribution in [0.5, 0.6) is 0 Å². The molecule has 0 aromatic heterocycles. The van der Waals surface area contributed by atoms with Crippen LogP contribution in [0, 0.1) is 11.3 Å². The van der Waals surface area contributed by atoms with E-state index in [1.54, 1.807) is 0 Å². The molecular formula is C17H28N2. The lowest BCUT2D eigenvalue weighted by molar-refractivity contribution is 0.199. The van der Waals surface area contributed by atoms with Crippen molar-refractivity contribution in [2.75, 3.05) is 24.5 Å². The average Bonchev–Trinajstić information content (AvgIpc) is 2.39. The van der Waals surface area contributed by atoms with E-state index < -0.39 is 0 Å². The summed E-state index contributed by atoms with van der Waals surface area (Å²) in [5.41, 5.74) is 8.75. The molecule has 0 radical (unpaired) electrons. The fraction of sp³-hybridized carbons (Fsp3) is 0.647. The third-order valence-electron chi connectivity index (χ3n) is 4.45. The summed E-state index contributed by atoms with van der Waals surface area (Å²) in [6.45, 7) is 10.2. The molecule has 2 heteroatoms. The van der Waals surface area contributed by atoms with Crippen molar-refractivity contribution >= 4 is 5.69 Å². The molecule has 1 saturated heterocycles. The van der Waals surface area contributed by atoms with Crippen LogP contribution in [0.15, 0.2) is 24.3 Å². The van der Waals surface area contributed by atoms with Gasteiger partial charge in [-0.25, -0.2) is 0 Å². The van der Waals surface area contributed by atoms with Gasteiger partial charge in [-0.3, -0.25) is 0 Å². The number of benzene rings is 1. The van der Waals surface area contributed by atoms with Crippen molar-refractivity contribution < 1.29 is 0 Å².